The van der Waals surface area contributed by atoms with Crippen LogP contribution in [0.4, 0.5) is 18.9 Å². The van der Waals surface area contributed by atoms with Gasteiger partial charge in [-0.15, -0.1) is 0 Å². The Morgan fingerprint density at radius 2 is 1.68 bits per heavy atom. The van der Waals surface area contributed by atoms with Crippen molar-refractivity contribution in [2.75, 3.05) is 29.9 Å². The van der Waals surface area contributed by atoms with Gasteiger partial charge in [0.15, 0.2) is 9.84 Å². The lowest BCUT2D eigenvalue weighted by atomic mass is 9.80. The molecule has 1 heterocycles. The molecule has 2 aliphatic rings. The summed E-state index contributed by atoms with van der Waals surface area (Å²) in [5.41, 5.74) is -0.608. The molecular weight excluding hydrogens is 673 g/mol. The van der Waals surface area contributed by atoms with E-state index >= 15 is 13.2 Å². The van der Waals surface area contributed by atoms with Crippen LogP contribution >= 0.6 is 0 Å². The van der Waals surface area contributed by atoms with Crippen LogP contribution in [0.1, 0.15) is 87.8 Å². The Bertz CT molecular complexity index is 1720. The fraction of sp³-hybridized carbons (Fsp3) is 0.528. The molecule has 2 fully saturated rings. The van der Waals surface area contributed by atoms with Crippen molar-refractivity contribution in [3.8, 4) is 6.07 Å². The highest BCUT2D eigenvalue weighted by Crippen LogP contribution is 2.37. The Morgan fingerprint density at radius 1 is 1.02 bits per heavy atom. The van der Waals surface area contributed by atoms with E-state index < -0.39 is 74.9 Å². The number of carbonyl (C=O) groups excluding carboxylic acids is 4. The molecule has 10 nitrogen and oxygen atoms in total. The number of ketones is 1. The Balaban J connectivity index is 1.55. The van der Waals surface area contributed by atoms with Gasteiger partial charge in [-0.1, -0.05) is 57.7 Å². The number of alkyl halides is 2. The normalized spacial score (nSPS) is 18.5. The first-order valence-corrected chi connectivity index (χ1v) is 18.8. The number of carbonyl (C=O) groups is 4. The number of Topliss-reactive ketones (excluding diaryl/α,β-unsaturated/α-hetero) is 1. The van der Waals surface area contributed by atoms with Gasteiger partial charge in [0.2, 0.25) is 23.5 Å². The number of hydrogen-bond acceptors (Lipinski definition) is 7. The van der Waals surface area contributed by atoms with E-state index in [0.29, 0.717) is 18.4 Å². The molecule has 1 saturated heterocycles. The molecule has 1 saturated carbocycles. The summed E-state index contributed by atoms with van der Waals surface area (Å²) in [6.07, 6.45) is 3.70. The third-order valence-corrected chi connectivity index (χ3v) is 11.4. The van der Waals surface area contributed by atoms with E-state index in [9.17, 15) is 27.6 Å². The summed E-state index contributed by atoms with van der Waals surface area (Å²) in [5, 5.41) is 14.3. The molecule has 270 valence electrons. The highest BCUT2D eigenvalue weighted by atomic mass is 32.2. The molecule has 3 atom stereocenters. The first-order valence-electron chi connectivity index (χ1n) is 17.0. The van der Waals surface area contributed by atoms with Gasteiger partial charge in [-0.2, -0.15) is 14.0 Å². The fourth-order valence-corrected chi connectivity index (χ4v) is 7.80. The number of nitrogens with zero attached hydrogens (tertiary/aromatic N) is 2. The maximum atomic E-state index is 15.6. The summed E-state index contributed by atoms with van der Waals surface area (Å²) < 4.78 is 70.2. The maximum Gasteiger partial charge on any atom is 0.330 e. The quantitative estimate of drug-likeness (QED) is 0.285. The molecule has 0 radical (unpaired) electrons. The zero-order chi connectivity index (χ0) is 36.6. The number of benzene rings is 2. The topological polar surface area (TPSA) is 154 Å². The van der Waals surface area contributed by atoms with Crippen molar-refractivity contribution in [1.82, 2.24) is 10.2 Å². The van der Waals surface area contributed by atoms with Crippen LogP contribution in [0.25, 0.3) is 0 Å². The number of halogens is 3. The lowest BCUT2D eigenvalue weighted by Gasteiger charge is -2.33. The zero-order valence-electron chi connectivity index (χ0n) is 28.2. The first kappa shape index (κ1) is 38.6. The second-order valence-electron chi connectivity index (χ2n) is 13.1. The third-order valence-electron chi connectivity index (χ3n) is 9.75. The van der Waals surface area contributed by atoms with Gasteiger partial charge in [-0.25, -0.2) is 12.8 Å². The molecule has 2 N–H and O–H groups in total. The van der Waals surface area contributed by atoms with Crippen molar-refractivity contribution < 1.29 is 40.8 Å². The van der Waals surface area contributed by atoms with Gasteiger partial charge in [0, 0.05) is 43.3 Å². The summed E-state index contributed by atoms with van der Waals surface area (Å²) in [6.45, 7) is 3.16. The summed E-state index contributed by atoms with van der Waals surface area (Å²) in [6, 6.07) is 9.13. The molecule has 0 bridgehead atoms. The molecule has 3 amide bonds. The van der Waals surface area contributed by atoms with Crippen molar-refractivity contribution in [2.24, 2.45) is 11.8 Å². The van der Waals surface area contributed by atoms with Gasteiger partial charge in [-0.05, 0) is 48.6 Å². The number of sulfone groups is 1. The van der Waals surface area contributed by atoms with Crippen LogP contribution < -0.4 is 10.6 Å². The highest BCUT2D eigenvalue weighted by molar-refractivity contribution is 7.91. The fourth-order valence-electron chi connectivity index (χ4n) is 6.60. The van der Waals surface area contributed by atoms with E-state index in [4.69, 9.17) is 5.26 Å². The predicted molar refractivity (Wildman–Crippen MR) is 180 cm³/mol. The lowest BCUT2D eigenvalue weighted by molar-refractivity contribution is -0.147. The monoisotopic (exact) mass is 716 g/mol. The highest BCUT2D eigenvalue weighted by Gasteiger charge is 2.44. The summed E-state index contributed by atoms with van der Waals surface area (Å²) in [4.78, 5) is 54.0. The minimum absolute atomic E-state index is 0.0332. The van der Waals surface area contributed by atoms with Gasteiger partial charge in [0.25, 0.3) is 0 Å². The summed E-state index contributed by atoms with van der Waals surface area (Å²) >= 11 is 0. The van der Waals surface area contributed by atoms with Gasteiger partial charge < -0.3 is 15.5 Å². The molecule has 0 aromatic heterocycles. The number of hydrogen-bond donors (Lipinski definition) is 2. The third kappa shape index (κ3) is 9.50. The smallest absolute Gasteiger partial charge is 0.330 e. The van der Waals surface area contributed by atoms with Crippen molar-refractivity contribution in [2.45, 2.75) is 83.1 Å². The Hall–Kier alpha value is -4.25. The van der Waals surface area contributed by atoms with Crippen LogP contribution in [-0.2, 0) is 34.9 Å². The average Bonchev–Trinajstić information content (AvgIpc) is 3.39. The van der Waals surface area contributed by atoms with Crippen molar-refractivity contribution in [3.05, 3.63) is 65.0 Å². The van der Waals surface area contributed by atoms with Gasteiger partial charge in [0.05, 0.1) is 28.8 Å². The minimum Gasteiger partial charge on any atom is -0.344 e. The molecule has 50 heavy (non-hydrogen) atoms. The number of nitriles is 1. The number of rotatable bonds is 12. The van der Waals surface area contributed by atoms with Crippen LogP contribution in [0.15, 0.2) is 42.5 Å². The standard InChI is InChI=1S/C36H43F3N4O6S/c1-3-32(45)42-33(35(47)43-15-17-50(48,49)18-16-43)23(2)26-13-14-30(29(37)20-26)41-34(46)28(25-10-6-4-5-7-11-25)21-31(44)36(38,39)27-12-8-9-24(19-27)22-40/h8-9,12-14,19-20,23,25,28,33H,3-7,10-11,15-18,21H2,1-2H3,(H,41,46)(H,42,45)/t23-,28-,33+/m0/s1. The SMILES string of the molecule is CCC(=O)N[C@@H](C(=O)N1CCS(=O)(=O)CC1)[C@@H](C)c1ccc(NC(=O)[C@@H](CC(=O)C(F)(F)c2cccc(C#N)c2)C2CCCCCC2)c(F)c1. The number of nitrogens with one attached hydrogen (secondary N) is 2. The number of anilines is 1. The Kier molecular flexibility index (Phi) is 12.8. The Labute approximate surface area is 290 Å². The van der Waals surface area contributed by atoms with E-state index in [0.717, 1.165) is 43.9 Å². The van der Waals surface area contributed by atoms with Gasteiger partial charge >= 0.3 is 5.92 Å². The molecule has 14 heteroatoms. The molecular formula is C36H43F3N4O6S. The van der Waals surface area contributed by atoms with Crippen molar-refractivity contribution in [1.29, 1.82) is 5.26 Å². The van der Waals surface area contributed by atoms with E-state index in [1.54, 1.807) is 19.9 Å². The van der Waals surface area contributed by atoms with Gasteiger partial charge in [-0.3, -0.25) is 19.2 Å². The van der Waals surface area contributed by atoms with Crippen LogP contribution in [0.2, 0.25) is 0 Å². The van der Waals surface area contributed by atoms with Crippen LogP contribution in [-0.4, -0.2) is 67.5 Å². The first-order chi connectivity index (χ1) is 23.7. The Morgan fingerprint density at radius 3 is 2.28 bits per heavy atom. The van der Waals surface area contributed by atoms with E-state index in [1.807, 2.05) is 0 Å². The van der Waals surface area contributed by atoms with E-state index in [1.165, 1.54) is 29.2 Å². The molecule has 2 aromatic rings. The van der Waals surface area contributed by atoms with Crippen molar-refractivity contribution >= 4 is 39.0 Å². The molecule has 1 aliphatic heterocycles. The number of amides is 3. The van der Waals surface area contributed by atoms with Crippen LogP contribution in [0, 0.1) is 29.0 Å². The molecule has 0 spiro atoms. The van der Waals surface area contributed by atoms with E-state index in [-0.39, 0.29) is 48.2 Å². The molecule has 1 aliphatic carbocycles. The molecule has 0 unspecified atom stereocenters. The molecule has 4 rings (SSSR count). The summed E-state index contributed by atoms with van der Waals surface area (Å²) in [7, 11) is -3.27. The average molecular weight is 717 g/mol. The maximum absolute atomic E-state index is 15.6. The second-order valence-corrected chi connectivity index (χ2v) is 15.4. The van der Waals surface area contributed by atoms with Crippen molar-refractivity contribution in [3.63, 3.8) is 0 Å². The second kappa shape index (κ2) is 16.6. The molecule has 2 aromatic carbocycles. The van der Waals surface area contributed by atoms with E-state index in [2.05, 4.69) is 10.6 Å². The minimum atomic E-state index is -3.96. The summed E-state index contributed by atoms with van der Waals surface area (Å²) in [5.74, 6) is -10.7. The largest absolute Gasteiger partial charge is 0.344 e. The van der Waals surface area contributed by atoms with Gasteiger partial charge in [0.1, 0.15) is 11.9 Å². The van der Waals surface area contributed by atoms with Crippen LogP contribution in [0.3, 0.4) is 0 Å². The zero-order valence-corrected chi connectivity index (χ0v) is 29.0. The van der Waals surface area contributed by atoms with Crippen LogP contribution in [0.5, 0.6) is 0 Å². The lowest BCUT2D eigenvalue weighted by Crippen LogP contribution is -2.54. The predicted octanol–water partition coefficient (Wildman–Crippen LogP) is 5.23.